The largest absolute Gasteiger partial charge is 0.357 e. The van der Waals surface area contributed by atoms with Gasteiger partial charge >= 0.3 is 0 Å². The number of halogens is 1. The SMILES string of the molecule is CCNC(=NCc1cccc(C)n1)NCC(c1cccs1)N1CCCC1.I. The Morgan fingerprint density at radius 3 is 2.70 bits per heavy atom. The molecule has 1 aliphatic rings. The smallest absolute Gasteiger partial charge is 0.191 e. The van der Waals surface area contributed by atoms with Crippen molar-refractivity contribution in [2.45, 2.75) is 39.3 Å². The highest BCUT2D eigenvalue weighted by molar-refractivity contribution is 14.0. The van der Waals surface area contributed by atoms with Crippen LogP contribution in [-0.2, 0) is 6.54 Å². The van der Waals surface area contributed by atoms with Crippen molar-refractivity contribution in [1.82, 2.24) is 20.5 Å². The fourth-order valence-electron chi connectivity index (χ4n) is 3.33. The molecule has 0 aromatic carbocycles. The Labute approximate surface area is 183 Å². The summed E-state index contributed by atoms with van der Waals surface area (Å²) in [6, 6.07) is 10.9. The fourth-order valence-corrected chi connectivity index (χ4v) is 4.19. The third kappa shape index (κ3) is 6.73. The van der Waals surface area contributed by atoms with Crippen molar-refractivity contribution in [3.05, 3.63) is 52.0 Å². The first-order chi connectivity index (χ1) is 12.8. The van der Waals surface area contributed by atoms with E-state index in [1.807, 2.05) is 36.5 Å². The quantitative estimate of drug-likeness (QED) is 0.344. The van der Waals surface area contributed by atoms with Crippen molar-refractivity contribution in [3.8, 4) is 0 Å². The summed E-state index contributed by atoms with van der Waals surface area (Å²) in [6.45, 7) is 8.78. The molecular formula is C20H30IN5S. The Morgan fingerprint density at radius 1 is 1.22 bits per heavy atom. The molecule has 2 aromatic heterocycles. The summed E-state index contributed by atoms with van der Waals surface area (Å²) in [4.78, 5) is 13.3. The number of pyridine rings is 1. The average Bonchev–Trinajstić information content (AvgIpc) is 3.34. The lowest BCUT2D eigenvalue weighted by atomic mass is 10.2. The Bertz CT molecular complexity index is 698. The summed E-state index contributed by atoms with van der Waals surface area (Å²) < 4.78 is 0. The number of aromatic nitrogens is 1. The number of aliphatic imine (C=N–C) groups is 1. The highest BCUT2D eigenvalue weighted by atomic mass is 127. The maximum absolute atomic E-state index is 4.72. The maximum Gasteiger partial charge on any atom is 0.191 e. The van der Waals surface area contributed by atoms with Gasteiger partial charge in [-0.25, -0.2) is 4.99 Å². The first kappa shape index (κ1) is 22.1. The number of thiophene rings is 1. The number of hydrogen-bond donors (Lipinski definition) is 2. The van der Waals surface area contributed by atoms with E-state index in [0.717, 1.165) is 30.4 Å². The maximum atomic E-state index is 4.72. The third-order valence-electron chi connectivity index (χ3n) is 4.61. The number of likely N-dealkylation sites (tertiary alicyclic amines) is 1. The molecule has 5 nitrogen and oxygen atoms in total. The molecule has 1 saturated heterocycles. The molecule has 1 fully saturated rings. The van der Waals surface area contributed by atoms with Gasteiger partial charge in [-0.3, -0.25) is 9.88 Å². The van der Waals surface area contributed by atoms with Gasteiger partial charge < -0.3 is 10.6 Å². The molecule has 0 spiro atoms. The second-order valence-electron chi connectivity index (χ2n) is 6.62. The highest BCUT2D eigenvalue weighted by Crippen LogP contribution is 2.27. The monoisotopic (exact) mass is 499 g/mol. The summed E-state index contributed by atoms with van der Waals surface area (Å²) in [5.41, 5.74) is 2.03. The molecule has 1 aliphatic heterocycles. The average molecular weight is 499 g/mol. The van der Waals surface area contributed by atoms with E-state index in [1.54, 1.807) is 0 Å². The first-order valence-corrected chi connectivity index (χ1v) is 10.4. The van der Waals surface area contributed by atoms with E-state index in [0.29, 0.717) is 12.6 Å². The normalized spacial score (nSPS) is 16.0. The van der Waals surface area contributed by atoms with Crippen molar-refractivity contribution < 1.29 is 0 Å². The second-order valence-corrected chi connectivity index (χ2v) is 7.60. The summed E-state index contributed by atoms with van der Waals surface area (Å²) in [7, 11) is 0. The zero-order valence-electron chi connectivity index (χ0n) is 16.1. The van der Waals surface area contributed by atoms with Gasteiger partial charge in [0.05, 0.1) is 18.3 Å². The number of nitrogens with zero attached hydrogens (tertiary/aromatic N) is 3. The van der Waals surface area contributed by atoms with Crippen LogP contribution >= 0.6 is 35.3 Å². The molecule has 1 atom stereocenters. The lowest BCUT2D eigenvalue weighted by molar-refractivity contribution is 0.249. The van der Waals surface area contributed by atoms with Gasteiger partial charge in [0.25, 0.3) is 0 Å². The Hall–Kier alpha value is -1.19. The molecular weight excluding hydrogens is 469 g/mol. The minimum atomic E-state index is 0. The molecule has 0 saturated carbocycles. The van der Waals surface area contributed by atoms with Crippen molar-refractivity contribution >= 4 is 41.3 Å². The van der Waals surface area contributed by atoms with Gasteiger partial charge in [-0.2, -0.15) is 0 Å². The molecule has 3 rings (SSSR count). The van der Waals surface area contributed by atoms with Gasteiger partial charge in [0.15, 0.2) is 5.96 Å². The zero-order chi connectivity index (χ0) is 18.2. The molecule has 0 amide bonds. The number of guanidine groups is 1. The molecule has 27 heavy (non-hydrogen) atoms. The molecule has 0 aliphatic carbocycles. The van der Waals surface area contributed by atoms with E-state index < -0.39 is 0 Å². The molecule has 148 valence electrons. The van der Waals surface area contributed by atoms with Gasteiger partial charge in [-0.15, -0.1) is 35.3 Å². The van der Waals surface area contributed by atoms with Gasteiger partial charge in [-0.1, -0.05) is 12.1 Å². The summed E-state index contributed by atoms with van der Waals surface area (Å²) in [5.74, 6) is 0.858. The minimum absolute atomic E-state index is 0. The summed E-state index contributed by atoms with van der Waals surface area (Å²) in [5, 5.41) is 9.07. The topological polar surface area (TPSA) is 52.6 Å². The van der Waals surface area contributed by atoms with Gasteiger partial charge in [0.1, 0.15) is 0 Å². The van der Waals surface area contributed by atoms with Crippen LogP contribution < -0.4 is 10.6 Å². The van der Waals surface area contributed by atoms with Crippen molar-refractivity contribution in [3.63, 3.8) is 0 Å². The van der Waals surface area contributed by atoms with Crippen LogP contribution in [0, 0.1) is 6.92 Å². The highest BCUT2D eigenvalue weighted by Gasteiger charge is 2.24. The van der Waals surface area contributed by atoms with Crippen LogP contribution in [0.3, 0.4) is 0 Å². The van der Waals surface area contributed by atoms with Crippen LogP contribution in [0.15, 0.2) is 40.7 Å². The Kier molecular flexibility index (Phi) is 9.50. The Balaban J connectivity index is 0.00000261. The van der Waals surface area contributed by atoms with Crippen molar-refractivity contribution in [1.29, 1.82) is 0 Å². The minimum Gasteiger partial charge on any atom is -0.357 e. The lowest BCUT2D eigenvalue weighted by Crippen LogP contribution is -2.42. The van der Waals surface area contributed by atoms with E-state index in [4.69, 9.17) is 4.99 Å². The van der Waals surface area contributed by atoms with Crippen LogP contribution in [0.1, 0.15) is 42.1 Å². The van der Waals surface area contributed by atoms with Crippen LogP contribution in [0.4, 0.5) is 0 Å². The molecule has 2 aromatic rings. The predicted octanol–water partition coefficient (Wildman–Crippen LogP) is 3.96. The van der Waals surface area contributed by atoms with Crippen molar-refractivity contribution in [2.75, 3.05) is 26.2 Å². The van der Waals surface area contributed by atoms with Crippen molar-refractivity contribution in [2.24, 2.45) is 4.99 Å². The van der Waals surface area contributed by atoms with Crippen LogP contribution in [-0.4, -0.2) is 42.0 Å². The Morgan fingerprint density at radius 2 is 2.04 bits per heavy atom. The standard InChI is InChI=1S/C20H29N5S.HI/c1-3-21-20(22-14-17-9-6-8-16(2)24-17)23-15-18(19-10-7-13-26-19)25-11-4-5-12-25;/h6-10,13,18H,3-5,11-12,14-15H2,1-2H3,(H2,21,22,23);1H. The van der Waals surface area contributed by atoms with E-state index >= 15 is 0 Å². The number of hydrogen-bond acceptors (Lipinski definition) is 4. The van der Waals surface area contributed by atoms with Gasteiger partial charge in [-0.05, 0) is 63.4 Å². The zero-order valence-corrected chi connectivity index (χ0v) is 19.3. The van der Waals surface area contributed by atoms with E-state index in [9.17, 15) is 0 Å². The summed E-state index contributed by atoms with van der Waals surface area (Å²) in [6.07, 6.45) is 2.60. The third-order valence-corrected chi connectivity index (χ3v) is 5.58. The number of aryl methyl sites for hydroxylation is 1. The molecule has 0 radical (unpaired) electrons. The van der Waals surface area contributed by atoms with Crippen LogP contribution in [0.2, 0.25) is 0 Å². The molecule has 2 N–H and O–H groups in total. The molecule has 7 heteroatoms. The second kappa shape index (κ2) is 11.6. The lowest BCUT2D eigenvalue weighted by Gasteiger charge is -2.27. The molecule has 3 heterocycles. The van der Waals surface area contributed by atoms with Gasteiger partial charge in [0, 0.05) is 23.7 Å². The number of nitrogens with one attached hydrogen (secondary N) is 2. The summed E-state index contributed by atoms with van der Waals surface area (Å²) >= 11 is 1.84. The fraction of sp³-hybridized carbons (Fsp3) is 0.500. The molecule has 0 bridgehead atoms. The van der Waals surface area contributed by atoms with Crippen LogP contribution in [0.25, 0.3) is 0 Å². The van der Waals surface area contributed by atoms with E-state index in [1.165, 1.54) is 30.8 Å². The molecule has 1 unspecified atom stereocenters. The van der Waals surface area contributed by atoms with Gasteiger partial charge in [0.2, 0.25) is 0 Å². The predicted molar refractivity (Wildman–Crippen MR) is 125 cm³/mol. The number of rotatable bonds is 7. The first-order valence-electron chi connectivity index (χ1n) is 9.48. The van der Waals surface area contributed by atoms with E-state index in [-0.39, 0.29) is 24.0 Å². The van der Waals surface area contributed by atoms with Crippen LogP contribution in [0.5, 0.6) is 0 Å². The van der Waals surface area contributed by atoms with E-state index in [2.05, 4.69) is 45.0 Å².